The second-order valence-electron chi connectivity index (χ2n) is 10.7. The Hall–Kier alpha value is -2.72. The smallest absolute Gasteiger partial charge is 0.286 e. The molecule has 3 unspecified atom stereocenters. The zero-order valence-electron chi connectivity index (χ0n) is 22.5. The molecule has 6 atom stereocenters. The molecule has 0 radical (unpaired) electrons. The van der Waals surface area contributed by atoms with Crippen molar-refractivity contribution in [1.82, 2.24) is 5.32 Å². The van der Waals surface area contributed by atoms with Crippen LogP contribution in [0.15, 0.2) is 51.6 Å². The molecule has 5 rings (SSSR count). The largest absolute Gasteiger partial charge is 0.464 e. The van der Waals surface area contributed by atoms with Crippen LogP contribution < -0.4 is 10.7 Å². The van der Waals surface area contributed by atoms with Crippen molar-refractivity contribution in [2.75, 3.05) is 39.6 Å². The molecule has 2 aliphatic carbocycles. The molecule has 2 heterocycles. The third-order valence-corrected chi connectivity index (χ3v) is 8.26. The van der Waals surface area contributed by atoms with E-state index in [1.807, 2.05) is 19.1 Å². The molecule has 2 fully saturated rings. The maximum absolute atomic E-state index is 13.6. The van der Waals surface area contributed by atoms with Crippen LogP contribution in [-0.4, -0.2) is 63.0 Å². The molecule has 2 aromatic rings. The topological polar surface area (TPSA) is 116 Å². The van der Waals surface area contributed by atoms with Gasteiger partial charge in [0, 0.05) is 36.7 Å². The molecule has 9 heteroatoms. The summed E-state index contributed by atoms with van der Waals surface area (Å²) in [7, 11) is 0. The summed E-state index contributed by atoms with van der Waals surface area (Å²) < 4.78 is 29.1. The van der Waals surface area contributed by atoms with Gasteiger partial charge in [-0.15, -0.1) is 0 Å². The number of carbonyl (C=O) groups excluding carboxylic acids is 1. The van der Waals surface area contributed by atoms with Crippen LogP contribution in [0.1, 0.15) is 50.5 Å². The summed E-state index contributed by atoms with van der Waals surface area (Å²) in [6, 6.07) is 7.31. The molecular formula is C30H39NO8. The second kappa shape index (κ2) is 13.1. The van der Waals surface area contributed by atoms with E-state index in [9.17, 15) is 9.59 Å². The lowest BCUT2D eigenvalue weighted by Crippen LogP contribution is -2.44. The number of allylic oxidation sites excluding steroid dienone is 1. The van der Waals surface area contributed by atoms with Gasteiger partial charge in [0.1, 0.15) is 5.58 Å². The first kappa shape index (κ1) is 27.8. The number of aliphatic hydroxyl groups excluding tert-OH is 1. The molecule has 2 bridgehead atoms. The second-order valence-corrected chi connectivity index (χ2v) is 10.7. The summed E-state index contributed by atoms with van der Waals surface area (Å²) in [6.07, 6.45) is 7.66. The Balaban J connectivity index is 1.40. The Bertz CT molecular complexity index is 1210. The van der Waals surface area contributed by atoms with Crippen LogP contribution >= 0.6 is 0 Å². The van der Waals surface area contributed by atoms with E-state index in [-0.39, 0.29) is 42.3 Å². The van der Waals surface area contributed by atoms with Gasteiger partial charge in [0.25, 0.3) is 5.91 Å². The molecule has 212 valence electrons. The Labute approximate surface area is 228 Å². The van der Waals surface area contributed by atoms with Crippen molar-refractivity contribution in [3.8, 4) is 0 Å². The SMILES string of the molecule is CCO[C@@H]1OC(C(=O)NC2CC3CCC2C3)=C[C@H](c2coc3ccccc3c2=O)[C@@H]1CCOCCOCCO. The van der Waals surface area contributed by atoms with E-state index in [0.29, 0.717) is 61.2 Å². The number of ether oxygens (including phenoxy) is 4. The number of carbonyl (C=O) groups is 1. The standard InChI is InChI=1S/C30H39NO8/c1-2-37-30-21(9-11-35-13-14-36-12-10-32)23(24-18-38-26-6-4-3-5-22(26)28(24)33)17-27(39-30)29(34)31-25-16-19-7-8-20(25)15-19/h3-6,17-21,23,25,30,32H,2,7-16H2,1H3,(H,31,34)/t19?,20?,21-,23-,25?,30+/m0/s1. The van der Waals surface area contributed by atoms with Gasteiger partial charge in [-0.2, -0.15) is 0 Å². The number of hydrogen-bond acceptors (Lipinski definition) is 8. The monoisotopic (exact) mass is 541 g/mol. The minimum Gasteiger partial charge on any atom is -0.464 e. The summed E-state index contributed by atoms with van der Waals surface area (Å²) in [6.45, 7) is 3.64. The van der Waals surface area contributed by atoms with E-state index in [2.05, 4.69) is 5.32 Å². The van der Waals surface area contributed by atoms with Crippen LogP contribution in [-0.2, 0) is 23.7 Å². The molecule has 39 heavy (non-hydrogen) atoms. The van der Waals surface area contributed by atoms with Crippen LogP contribution in [0, 0.1) is 17.8 Å². The normalized spacial score (nSPS) is 27.9. The first-order chi connectivity index (χ1) is 19.1. The van der Waals surface area contributed by atoms with Crippen molar-refractivity contribution in [2.45, 2.75) is 57.3 Å². The van der Waals surface area contributed by atoms with Gasteiger partial charge in [0.05, 0.1) is 38.1 Å². The van der Waals surface area contributed by atoms with Crippen LogP contribution in [0.25, 0.3) is 11.0 Å². The van der Waals surface area contributed by atoms with E-state index in [1.165, 1.54) is 19.1 Å². The predicted octanol–water partition coefficient (Wildman–Crippen LogP) is 3.49. The molecule has 2 saturated carbocycles. The third-order valence-electron chi connectivity index (χ3n) is 8.26. The molecule has 1 aliphatic heterocycles. The first-order valence-electron chi connectivity index (χ1n) is 14.2. The van der Waals surface area contributed by atoms with Crippen molar-refractivity contribution >= 4 is 16.9 Å². The van der Waals surface area contributed by atoms with E-state index < -0.39 is 12.2 Å². The first-order valence-corrected chi connectivity index (χ1v) is 14.2. The molecule has 0 spiro atoms. The van der Waals surface area contributed by atoms with Crippen LogP contribution in [0.5, 0.6) is 0 Å². The zero-order chi connectivity index (χ0) is 27.2. The maximum atomic E-state index is 13.6. The number of benzene rings is 1. The van der Waals surface area contributed by atoms with Gasteiger partial charge < -0.3 is 33.8 Å². The van der Waals surface area contributed by atoms with Crippen molar-refractivity contribution in [3.05, 3.63) is 58.2 Å². The highest BCUT2D eigenvalue weighted by Crippen LogP contribution is 2.45. The fraction of sp³-hybridized carbons (Fsp3) is 0.600. The molecule has 1 amide bonds. The van der Waals surface area contributed by atoms with Crippen LogP contribution in [0.3, 0.4) is 0 Å². The quantitative estimate of drug-likeness (QED) is 0.370. The van der Waals surface area contributed by atoms with E-state index in [4.69, 9.17) is 28.5 Å². The molecule has 1 aromatic carbocycles. The van der Waals surface area contributed by atoms with Gasteiger partial charge in [0.2, 0.25) is 6.29 Å². The molecule has 1 aromatic heterocycles. The Morgan fingerprint density at radius 1 is 1.10 bits per heavy atom. The van der Waals surface area contributed by atoms with Crippen LogP contribution in [0.4, 0.5) is 0 Å². The summed E-state index contributed by atoms with van der Waals surface area (Å²) >= 11 is 0. The van der Waals surface area contributed by atoms with E-state index in [1.54, 1.807) is 18.2 Å². The van der Waals surface area contributed by atoms with Crippen molar-refractivity contribution in [2.24, 2.45) is 17.8 Å². The number of para-hydroxylation sites is 1. The summed E-state index contributed by atoms with van der Waals surface area (Å²) in [5.74, 6) is 0.399. The van der Waals surface area contributed by atoms with Gasteiger partial charge >= 0.3 is 0 Å². The fourth-order valence-electron chi connectivity index (χ4n) is 6.38. The zero-order valence-corrected chi connectivity index (χ0v) is 22.5. The lowest BCUT2D eigenvalue weighted by molar-refractivity contribution is -0.168. The highest BCUT2D eigenvalue weighted by molar-refractivity contribution is 5.92. The van der Waals surface area contributed by atoms with Gasteiger partial charge in [0.15, 0.2) is 11.2 Å². The van der Waals surface area contributed by atoms with E-state index >= 15 is 0 Å². The van der Waals surface area contributed by atoms with E-state index in [0.717, 1.165) is 12.8 Å². The number of rotatable bonds is 13. The van der Waals surface area contributed by atoms with Crippen molar-refractivity contribution in [3.63, 3.8) is 0 Å². The number of nitrogens with one attached hydrogen (secondary N) is 1. The lowest BCUT2D eigenvalue weighted by Gasteiger charge is -2.37. The van der Waals surface area contributed by atoms with Gasteiger partial charge in [-0.3, -0.25) is 9.59 Å². The number of fused-ring (bicyclic) bond motifs is 3. The summed E-state index contributed by atoms with van der Waals surface area (Å²) in [5, 5.41) is 12.5. The molecule has 2 N–H and O–H groups in total. The average Bonchev–Trinajstić information content (AvgIpc) is 3.57. The summed E-state index contributed by atoms with van der Waals surface area (Å²) in [5.41, 5.74) is 0.843. The molecule has 3 aliphatic rings. The molecular weight excluding hydrogens is 502 g/mol. The minimum absolute atomic E-state index is 0.0320. The Morgan fingerprint density at radius 3 is 2.67 bits per heavy atom. The molecule has 0 saturated heterocycles. The van der Waals surface area contributed by atoms with Crippen molar-refractivity contribution < 1.29 is 33.3 Å². The number of aliphatic hydroxyl groups is 1. The highest BCUT2D eigenvalue weighted by Gasteiger charge is 2.43. The average molecular weight is 542 g/mol. The highest BCUT2D eigenvalue weighted by atomic mass is 16.7. The summed E-state index contributed by atoms with van der Waals surface area (Å²) in [4.78, 5) is 27.0. The fourth-order valence-corrected chi connectivity index (χ4v) is 6.38. The minimum atomic E-state index is -0.731. The van der Waals surface area contributed by atoms with Gasteiger partial charge in [-0.25, -0.2) is 0 Å². The predicted molar refractivity (Wildman–Crippen MR) is 144 cm³/mol. The van der Waals surface area contributed by atoms with Gasteiger partial charge in [-0.1, -0.05) is 18.6 Å². The van der Waals surface area contributed by atoms with Crippen molar-refractivity contribution in [1.29, 1.82) is 0 Å². The Kier molecular flexibility index (Phi) is 9.34. The Morgan fingerprint density at radius 2 is 1.92 bits per heavy atom. The lowest BCUT2D eigenvalue weighted by atomic mass is 9.81. The number of amides is 1. The maximum Gasteiger partial charge on any atom is 0.286 e. The van der Waals surface area contributed by atoms with Gasteiger partial charge in [-0.05, 0) is 62.7 Å². The molecule has 9 nitrogen and oxygen atoms in total. The van der Waals surface area contributed by atoms with Crippen LogP contribution in [0.2, 0.25) is 0 Å². The third kappa shape index (κ3) is 6.38. The number of hydrogen-bond donors (Lipinski definition) is 2.